The first-order valence-electron chi connectivity index (χ1n) is 7.28. The highest BCUT2D eigenvalue weighted by Crippen LogP contribution is 2.10. The van der Waals surface area contributed by atoms with Crippen molar-refractivity contribution in [1.82, 2.24) is 0 Å². The molecule has 19 heavy (non-hydrogen) atoms. The third kappa shape index (κ3) is 12.1. The molecule has 0 aromatic heterocycles. The van der Waals surface area contributed by atoms with Gasteiger partial charge in [-0.1, -0.05) is 58.3 Å². The van der Waals surface area contributed by atoms with Crippen LogP contribution >= 0.6 is 0 Å². The largest absolute Gasteiger partial charge is 0.459 e. The second-order valence-electron chi connectivity index (χ2n) is 4.92. The van der Waals surface area contributed by atoms with Gasteiger partial charge in [0.25, 0.3) is 6.29 Å². The topological polar surface area (TPSA) is 87.0 Å². The lowest BCUT2D eigenvalue weighted by Gasteiger charge is -2.11. The van der Waals surface area contributed by atoms with Gasteiger partial charge < -0.3 is 20.1 Å². The maximum atomic E-state index is 10.7. The molecule has 0 spiro atoms. The minimum Gasteiger partial charge on any atom is -0.459 e. The molecule has 1 unspecified atom stereocenters. The average Bonchev–Trinajstić information content (AvgIpc) is 2.38. The maximum absolute atomic E-state index is 10.7. The summed E-state index contributed by atoms with van der Waals surface area (Å²) >= 11 is 0. The van der Waals surface area contributed by atoms with E-state index in [1.165, 1.54) is 38.5 Å². The average molecular weight is 276 g/mol. The zero-order chi connectivity index (χ0) is 14.5. The van der Waals surface area contributed by atoms with E-state index in [-0.39, 0.29) is 6.61 Å². The number of esters is 1. The quantitative estimate of drug-likeness (QED) is 0.287. The number of carbonyl (C=O) groups is 1. The summed E-state index contributed by atoms with van der Waals surface area (Å²) in [7, 11) is 0. The van der Waals surface area contributed by atoms with Gasteiger partial charge in [0, 0.05) is 0 Å². The molecule has 0 radical (unpaired) electrons. The van der Waals surface area contributed by atoms with E-state index in [2.05, 4.69) is 11.7 Å². The van der Waals surface area contributed by atoms with Gasteiger partial charge in [-0.2, -0.15) is 0 Å². The molecule has 0 aliphatic heterocycles. The fraction of sp³-hybridized carbons (Fsp3) is 0.929. The van der Waals surface area contributed by atoms with Crippen LogP contribution in [0.3, 0.4) is 0 Å². The van der Waals surface area contributed by atoms with Crippen molar-refractivity contribution in [3.05, 3.63) is 0 Å². The lowest BCUT2D eigenvalue weighted by molar-refractivity contribution is -0.175. The summed E-state index contributed by atoms with van der Waals surface area (Å²) in [5.41, 5.74) is 0. The smallest absolute Gasteiger partial charge is 0.363 e. The molecule has 0 aliphatic rings. The number of ether oxygens (including phenoxy) is 1. The van der Waals surface area contributed by atoms with Crippen molar-refractivity contribution >= 4 is 5.97 Å². The Morgan fingerprint density at radius 3 is 2.00 bits per heavy atom. The number of unbranched alkanes of at least 4 members (excludes halogenated alkanes) is 7. The molecule has 0 amide bonds. The molecular formula is C14H28O5. The van der Waals surface area contributed by atoms with Gasteiger partial charge in [0.1, 0.15) is 6.61 Å². The van der Waals surface area contributed by atoms with Gasteiger partial charge in [-0.05, 0) is 6.42 Å². The van der Waals surface area contributed by atoms with Crippen molar-refractivity contribution in [3.63, 3.8) is 0 Å². The minimum absolute atomic E-state index is 0.174. The normalized spacial score (nSPS) is 12.7. The number of aliphatic hydroxyl groups is 3. The number of aliphatic hydroxyl groups excluding tert-OH is 2. The van der Waals surface area contributed by atoms with E-state index in [0.29, 0.717) is 6.42 Å². The number of hydrogen-bond donors (Lipinski definition) is 3. The summed E-state index contributed by atoms with van der Waals surface area (Å²) in [5, 5.41) is 26.4. The summed E-state index contributed by atoms with van der Waals surface area (Å²) in [6.07, 6.45) is 7.26. The van der Waals surface area contributed by atoms with Crippen LogP contribution in [0.1, 0.15) is 64.7 Å². The van der Waals surface area contributed by atoms with Crippen LogP contribution in [0.2, 0.25) is 0 Å². The van der Waals surface area contributed by atoms with Gasteiger partial charge in [-0.25, -0.2) is 4.79 Å². The molecule has 0 saturated heterocycles. The second-order valence-corrected chi connectivity index (χ2v) is 4.92. The summed E-state index contributed by atoms with van der Waals surface area (Å²) in [4.78, 5) is 10.7. The SMILES string of the molecule is CCCCCCCCCCC(O)COC(=O)C(O)O. The molecule has 3 N–H and O–H groups in total. The molecule has 114 valence electrons. The molecule has 0 aliphatic carbocycles. The van der Waals surface area contributed by atoms with Crippen LogP contribution in [0.5, 0.6) is 0 Å². The second kappa shape index (κ2) is 12.4. The molecule has 1 atom stereocenters. The first-order chi connectivity index (χ1) is 9.07. The van der Waals surface area contributed by atoms with Crippen LogP contribution < -0.4 is 0 Å². The van der Waals surface area contributed by atoms with Crippen LogP contribution in [-0.2, 0) is 9.53 Å². The van der Waals surface area contributed by atoms with E-state index in [1.807, 2.05) is 0 Å². The predicted molar refractivity (Wildman–Crippen MR) is 72.4 cm³/mol. The minimum atomic E-state index is -2.12. The van der Waals surface area contributed by atoms with E-state index in [1.54, 1.807) is 0 Å². The van der Waals surface area contributed by atoms with E-state index >= 15 is 0 Å². The molecule has 0 fully saturated rings. The van der Waals surface area contributed by atoms with Gasteiger partial charge in [-0.3, -0.25) is 0 Å². The van der Waals surface area contributed by atoms with Crippen LogP contribution in [-0.4, -0.2) is 40.3 Å². The zero-order valence-electron chi connectivity index (χ0n) is 11.9. The van der Waals surface area contributed by atoms with Crippen molar-refractivity contribution in [3.8, 4) is 0 Å². The molecule has 0 heterocycles. The van der Waals surface area contributed by atoms with E-state index in [4.69, 9.17) is 10.2 Å². The lowest BCUT2D eigenvalue weighted by atomic mass is 10.1. The van der Waals surface area contributed by atoms with Gasteiger partial charge in [-0.15, -0.1) is 0 Å². The standard InChI is InChI=1S/C14H28O5/c1-2-3-4-5-6-7-8-9-10-12(15)11-19-14(18)13(16)17/h12-13,15-17H,2-11H2,1H3. The molecule has 5 heteroatoms. The highest BCUT2D eigenvalue weighted by Gasteiger charge is 2.14. The van der Waals surface area contributed by atoms with E-state index in [0.717, 1.165) is 12.8 Å². The van der Waals surface area contributed by atoms with E-state index in [9.17, 15) is 9.90 Å². The van der Waals surface area contributed by atoms with Crippen LogP contribution in [0.25, 0.3) is 0 Å². The maximum Gasteiger partial charge on any atom is 0.363 e. The Labute approximate surface area is 115 Å². The van der Waals surface area contributed by atoms with Gasteiger partial charge >= 0.3 is 5.97 Å². The third-order valence-electron chi connectivity index (χ3n) is 3.02. The fourth-order valence-corrected chi connectivity index (χ4v) is 1.85. The van der Waals surface area contributed by atoms with Gasteiger partial charge in [0.2, 0.25) is 0 Å². The molecule has 0 bridgehead atoms. The van der Waals surface area contributed by atoms with Crippen molar-refractivity contribution in [2.75, 3.05) is 6.61 Å². The summed E-state index contributed by atoms with van der Waals surface area (Å²) in [5.74, 6) is -1.12. The Hall–Kier alpha value is -0.650. The highest BCUT2D eigenvalue weighted by atomic mass is 16.6. The van der Waals surface area contributed by atoms with Crippen LogP contribution in [0.4, 0.5) is 0 Å². The summed E-state index contributed by atoms with van der Waals surface area (Å²) in [6, 6.07) is 0. The highest BCUT2D eigenvalue weighted by molar-refractivity contribution is 5.72. The number of carbonyl (C=O) groups excluding carboxylic acids is 1. The molecule has 0 saturated carbocycles. The Morgan fingerprint density at radius 2 is 1.47 bits per heavy atom. The van der Waals surface area contributed by atoms with Crippen LogP contribution in [0.15, 0.2) is 0 Å². The monoisotopic (exact) mass is 276 g/mol. The third-order valence-corrected chi connectivity index (χ3v) is 3.02. The van der Waals surface area contributed by atoms with E-state index < -0.39 is 18.4 Å². The molecule has 0 aromatic rings. The molecule has 0 aromatic carbocycles. The van der Waals surface area contributed by atoms with Crippen molar-refractivity contribution in [2.24, 2.45) is 0 Å². The Morgan fingerprint density at radius 1 is 0.947 bits per heavy atom. The number of hydrogen-bond acceptors (Lipinski definition) is 5. The van der Waals surface area contributed by atoms with Crippen LogP contribution in [0, 0.1) is 0 Å². The Kier molecular flexibility index (Phi) is 12.0. The predicted octanol–water partition coefficient (Wildman–Crippen LogP) is 1.73. The number of rotatable bonds is 12. The molecule has 0 rings (SSSR count). The van der Waals surface area contributed by atoms with Crippen molar-refractivity contribution in [2.45, 2.75) is 77.1 Å². The Bertz CT molecular complexity index is 218. The first kappa shape index (κ1) is 18.4. The van der Waals surface area contributed by atoms with Crippen molar-refractivity contribution in [1.29, 1.82) is 0 Å². The van der Waals surface area contributed by atoms with Gasteiger partial charge in [0.05, 0.1) is 6.10 Å². The summed E-state index contributed by atoms with van der Waals surface area (Å²) < 4.78 is 4.50. The molecule has 5 nitrogen and oxygen atoms in total. The zero-order valence-corrected chi connectivity index (χ0v) is 11.9. The lowest BCUT2D eigenvalue weighted by Crippen LogP contribution is -2.26. The Balaban J connectivity index is 3.29. The fourth-order valence-electron chi connectivity index (χ4n) is 1.85. The van der Waals surface area contributed by atoms with Gasteiger partial charge in [0.15, 0.2) is 0 Å². The summed E-state index contributed by atoms with van der Waals surface area (Å²) in [6.45, 7) is 2.02. The molecular weight excluding hydrogens is 248 g/mol. The van der Waals surface area contributed by atoms with Crippen molar-refractivity contribution < 1.29 is 24.9 Å². The first-order valence-corrected chi connectivity index (χ1v) is 7.28.